The number of nitrogens with one attached hydrogen (secondary N) is 2. The van der Waals surface area contributed by atoms with Crippen molar-refractivity contribution in [2.45, 2.75) is 6.18 Å². The minimum absolute atomic E-state index is 0.101. The Kier molecular flexibility index (Phi) is 5.32. The molecule has 0 aliphatic carbocycles. The molecule has 0 atom stereocenters. The zero-order valence-corrected chi connectivity index (χ0v) is 14.5. The van der Waals surface area contributed by atoms with Crippen LogP contribution in [0.2, 0.25) is 5.02 Å². The first-order chi connectivity index (χ1) is 12.8. The number of pyridine rings is 1. The molecule has 3 rings (SSSR count). The quantitative estimate of drug-likeness (QED) is 0.595. The van der Waals surface area contributed by atoms with Crippen molar-refractivity contribution < 1.29 is 18.0 Å². The molecule has 1 heterocycles. The van der Waals surface area contributed by atoms with E-state index in [0.717, 1.165) is 6.07 Å². The maximum absolute atomic E-state index is 13.1. The highest BCUT2D eigenvalue weighted by Crippen LogP contribution is 2.34. The van der Waals surface area contributed by atoms with Crippen LogP contribution in [0.1, 0.15) is 15.9 Å². The minimum atomic E-state index is -4.57. The molecule has 1 aromatic heterocycles. The Morgan fingerprint density at radius 3 is 2.33 bits per heavy atom. The number of carbonyl (C=O) groups excluding carboxylic acids is 1. The number of carbonyl (C=O) groups is 1. The van der Waals surface area contributed by atoms with E-state index in [0.29, 0.717) is 16.4 Å². The van der Waals surface area contributed by atoms with E-state index >= 15 is 0 Å². The van der Waals surface area contributed by atoms with E-state index in [2.05, 4.69) is 15.6 Å². The number of rotatable bonds is 4. The van der Waals surface area contributed by atoms with E-state index < -0.39 is 17.6 Å². The Labute approximate surface area is 158 Å². The standard InChI is InChI=1S/C19H13ClF3N3O/c20-15-6-2-4-8-17(15)25-13-9-12(10-24-11-13)18(27)26-16-7-3-1-5-14(16)19(21,22)23/h1-11,25H,(H,26,27). The van der Waals surface area contributed by atoms with Crippen molar-refractivity contribution in [1.82, 2.24) is 4.98 Å². The fourth-order valence-corrected chi connectivity index (χ4v) is 2.57. The fraction of sp³-hybridized carbons (Fsp3) is 0.0526. The number of amides is 1. The lowest BCUT2D eigenvalue weighted by Gasteiger charge is -2.14. The van der Waals surface area contributed by atoms with E-state index in [4.69, 9.17) is 11.6 Å². The van der Waals surface area contributed by atoms with Crippen molar-refractivity contribution in [1.29, 1.82) is 0 Å². The summed E-state index contributed by atoms with van der Waals surface area (Å²) in [4.78, 5) is 16.3. The second-order valence-electron chi connectivity index (χ2n) is 5.56. The molecule has 0 fully saturated rings. The van der Waals surface area contributed by atoms with Gasteiger partial charge in [-0.3, -0.25) is 9.78 Å². The SMILES string of the molecule is O=C(Nc1ccccc1C(F)(F)F)c1cncc(Nc2ccccc2Cl)c1. The van der Waals surface area contributed by atoms with Gasteiger partial charge in [0.05, 0.1) is 39.4 Å². The highest BCUT2D eigenvalue weighted by molar-refractivity contribution is 6.33. The second-order valence-corrected chi connectivity index (χ2v) is 5.97. The summed E-state index contributed by atoms with van der Waals surface area (Å²) in [7, 11) is 0. The zero-order valence-electron chi connectivity index (χ0n) is 13.7. The number of hydrogen-bond acceptors (Lipinski definition) is 3. The average Bonchev–Trinajstić information content (AvgIpc) is 2.63. The van der Waals surface area contributed by atoms with Gasteiger partial charge in [0.2, 0.25) is 0 Å². The molecule has 0 radical (unpaired) electrons. The third-order valence-electron chi connectivity index (χ3n) is 3.63. The van der Waals surface area contributed by atoms with Gasteiger partial charge in [-0.05, 0) is 30.3 Å². The molecule has 0 unspecified atom stereocenters. The van der Waals surface area contributed by atoms with Gasteiger partial charge >= 0.3 is 6.18 Å². The minimum Gasteiger partial charge on any atom is -0.353 e. The number of hydrogen-bond donors (Lipinski definition) is 2. The first kappa shape index (κ1) is 18.7. The molecule has 0 aliphatic rings. The maximum Gasteiger partial charge on any atom is 0.418 e. The van der Waals surface area contributed by atoms with Gasteiger partial charge in [0, 0.05) is 6.20 Å². The summed E-state index contributed by atoms with van der Waals surface area (Å²) in [6, 6.07) is 13.2. The van der Waals surface area contributed by atoms with Gasteiger partial charge in [0.25, 0.3) is 5.91 Å². The van der Waals surface area contributed by atoms with Crippen LogP contribution in [0, 0.1) is 0 Å². The van der Waals surface area contributed by atoms with Crippen LogP contribution in [0.3, 0.4) is 0 Å². The molecule has 2 N–H and O–H groups in total. The molecule has 27 heavy (non-hydrogen) atoms. The molecule has 0 aliphatic heterocycles. The topological polar surface area (TPSA) is 54.0 Å². The number of nitrogens with zero attached hydrogens (tertiary/aromatic N) is 1. The largest absolute Gasteiger partial charge is 0.418 e. The molecule has 0 spiro atoms. The summed E-state index contributed by atoms with van der Waals surface area (Å²) >= 11 is 6.08. The number of para-hydroxylation sites is 2. The third kappa shape index (κ3) is 4.57. The molecule has 138 valence electrons. The fourth-order valence-electron chi connectivity index (χ4n) is 2.38. The van der Waals surface area contributed by atoms with Gasteiger partial charge in [0.15, 0.2) is 0 Å². The third-order valence-corrected chi connectivity index (χ3v) is 3.96. The van der Waals surface area contributed by atoms with Crippen molar-refractivity contribution in [2.75, 3.05) is 10.6 Å². The first-order valence-electron chi connectivity index (χ1n) is 7.79. The Morgan fingerprint density at radius 1 is 0.963 bits per heavy atom. The number of anilines is 3. The van der Waals surface area contributed by atoms with Crippen molar-refractivity contribution in [3.63, 3.8) is 0 Å². The molecule has 0 saturated carbocycles. The Hall–Kier alpha value is -3.06. The number of aromatic nitrogens is 1. The van der Waals surface area contributed by atoms with Crippen LogP contribution in [0.5, 0.6) is 0 Å². The predicted octanol–water partition coefficient (Wildman–Crippen LogP) is 5.75. The highest BCUT2D eigenvalue weighted by atomic mass is 35.5. The molecule has 4 nitrogen and oxygen atoms in total. The Balaban J connectivity index is 1.82. The summed E-state index contributed by atoms with van der Waals surface area (Å²) in [5.74, 6) is -0.706. The molecule has 0 saturated heterocycles. The van der Waals surface area contributed by atoms with E-state index in [9.17, 15) is 18.0 Å². The highest BCUT2D eigenvalue weighted by Gasteiger charge is 2.33. The Bertz CT molecular complexity index is 976. The van der Waals surface area contributed by atoms with Crippen molar-refractivity contribution in [3.05, 3.63) is 83.1 Å². The Morgan fingerprint density at radius 2 is 1.63 bits per heavy atom. The summed E-state index contributed by atoms with van der Waals surface area (Å²) in [5, 5.41) is 5.77. The van der Waals surface area contributed by atoms with Gasteiger partial charge in [0.1, 0.15) is 0 Å². The van der Waals surface area contributed by atoms with Gasteiger partial charge in [-0.25, -0.2) is 0 Å². The van der Waals surface area contributed by atoms with Crippen LogP contribution in [-0.2, 0) is 6.18 Å². The monoisotopic (exact) mass is 391 g/mol. The summed E-state index contributed by atoms with van der Waals surface area (Å²) in [6.45, 7) is 0. The molecular weight excluding hydrogens is 379 g/mol. The van der Waals surface area contributed by atoms with E-state index in [-0.39, 0.29) is 11.3 Å². The van der Waals surface area contributed by atoms with Crippen LogP contribution >= 0.6 is 11.6 Å². The van der Waals surface area contributed by atoms with Crippen LogP contribution in [-0.4, -0.2) is 10.9 Å². The van der Waals surface area contributed by atoms with E-state index in [1.165, 1.54) is 36.7 Å². The van der Waals surface area contributed by atoms with Crippen LogP contribution in [0.4, 0.5) is 30.2 Å². The maximum atomic E-state index is 13.1. The smallest absolute Gasteiger partial charge is 0.353 e. The number of alkyl halides is 3. The van der Waals surface area contributed by atoms with Gasteiger partial charge < -0.3 is 10.6 Å². The molecule has 8 heteroatoms. The van der Waals surface area contributed by atoms with Gasteiger partial charge in [-0.15, -0.1) is 0 Å². The zero-order chi connectivity index (χ0) is 19.4. The summed E-state index contributed by atoms with van der Waals surface area (Å²) in [6.07, 6.45) is -1.83. The van der Waals surface area contributed by atoms with Crippen molar-refractivity contribution >= 4 is 34.6 Å². The van der Waals surface area contributed by atoms with Gasteiger partial charge in [-0.1, -0.05) is 35.9 Å². The van der Waals surface area contributed by atoms with Crippen molar-refractivity contribution in [3.8, 4) is 0 Å². The summed E-state index contributed by atoms with van der Waals surface area (Å²) in [5.41, 5.74) is -0.0547. The molecule has 1 amide bonds. The first-order valence-corrected chi connectivity index (χ1v) is 8.16. The molecular formula is C19H13ClF3N3O. The number of halogens is 4. The van der Waals surface area contributed by atoms with Gasteiger partial charge in [-0.2, -0.15) is 13.2 Å². The average molecular weight is 392 g/mol. The molecule has 2 aromatic carbocycles. The lowest BCUT2D eigenvalue weighted by Crippen LogP contribution is -2.17. The second kappa shape index (κ2) is 7.67. The molecule has 0 bridgehead atoms. The predicted molar refractivity (Wildman–Crippen MR) is 98.4 cm³/mol. The van der Waals surface area contributed by atoms with E-state index in [1.54, 1.807) is 24.3 Å². The molecule has 3 aromatic rings. The van der Waals surface area contributed by atoms with E-state index in [1.807, 2.05) is 0 Å². The van der Waals surface area contributed by atoms with Crippen LogP contribution in [0.15, 0.2) is 67.0 Å². The van der Waals surface area contributed by atoms with Crippen LogP contribution < -0.4 is 10.6 Å². The lowest BCUT2D eigenvalue weighted by molar-refractivity contribution is -0.136. The number of benzene rings is 2. The lowest BCUT2D eigenvalue weighted by atomic mass is 10.1. The summed E-state index contributed by atoms with van der Waals surface area (Å²) < 4.78 is 39.2. The van der Waals surface area contributed by atoms with Crippen LogP contribution in [0.25, 0.3) is 0 Å². The van der Waals surface area contributed by atoms with Crippen molar-refractivity contribution in [2.24, 2.45) is 0 Å². The normalized spacial score (nSPS) is 11.1.